The first-order valence-corrected chi connectivity index (χ1v) is 12.3. The number of thiazole rings is 1. The summed E-state index contributed by atoms with van der Waals surface area (Å²) in [5, 5.41) is 2.80. The van der Waals surface area contributed by atoms with Gasteiger partial charge in [-0.25, -0.2) is 13.4 Å². The molecule has 2 aromatic rings. The van der Waals surface area contributed by atoms with Crippen LogP contribution in [0, 0.1) is 0 Å². The van der Waals surface area contributed by atoms with Crippen LogP contribution in [0.4, 0.5) is 0 Å². The van der Waals surface area contributed by atoms with Gasteiger partial charge in [0.15, 0.2) is 0 Å². The topological polar surface area (TPSA) is 70.6 Å². The molecule has 142 valence electrons. The lowest BCUT2D eigenvalue weighted by molar-refractivity contribution is -0.132. The third-order valence-electron chi connectivity index (χ3n) is 4.17. The number of halogens is 1. The molecule has 1 amide bonds. The number of thiophene rings is 1. The maximum absolute atomic E-state index is 12.5. The van der Waals surface area contributed by atoms with Gasteiger partial charge in [-0.05, 0) is 12.1 Å². The molecular weight excluding hydrogens is 414 g/mol. The number of nitrogens with zero attached hydrogens (tertiary/aromatic N) is 3. The zero-order chi connectivity index (χ0) is 18.7. The predicted octanol–water partition coefficient (Wildman–Crippen LogP) is 2.26. The number of hydrogen-bond donors (Lipinski definition) is 0. The minimum atomic E-state index is -2.95. The van der Waals surface area contributed by atoms with Crippen molar-refractivity contribution in [3.8, 4) is 9.88 Å². The number of carbonyl (C=O) groups is 1. The van der Waals surface area contributed by atoms with E-state index in [1.54, 1.807) is 0 Å². The number of sulfone groups is 1. The molecule has 1 fully saturated rings. The molecular formula is C16H20ClN3O3S3. The average Bonchev–Trinajstić information content (AvgIpc) is 3.21. The van der Waals surface area contributed by atoms with Gasteiger partial charge in [0.1, 0.15) is 14.8 Å². The monoisotopic (exact) mass is 433 g/mol. The van der Waals surface area contributed by atoms with Gasteiger partial charge >= 0.3 is 0 Å². The van der Waals surface area contributed by atoms with Gasteiger partial charge in [0.2, 0.25) is 5.91 Å². The average molecular weight is 434 g/mol. The standard InChI is InChI=1S/C16H20ClN3O3S3/c1-26(22,23)9-8-19-4-6-20(7-5-19)15(21)10-12-11-24-16(18-12)13-2-3-14(17)25-13/h2-3,11H,4-10H2,1H3. The highest BCUT2D eigenvalue weighted by atomic mass is 35.5. The van der Waals surface area contributed by atoms with Crippen molar-refractivity contribution in [3.05, 3.63) is 27.5 Å². The number of rotatable bonds is 6. The lowest BCUT2D eigenvalue weighted by atomic mass is 10.2. The Morgan fingerprint density at radius 1 is 1.27 bits per heavy atom. The molecule has 10 heteroatoms. The fourth-order valence-corrected chi connectivity index (χ4v) is 5.24. The predicted molar refractivity (Wildman–Crippen MR) is 107 cm³/mol. The molecule has 26 heavy (non-hydrogen) atoms. The van der Waals surface area contributed by atoms with Crippen molar-refractivity contribution in [1.82, 2.24) is 14.8 Å². The van der Waals surface area contributed by atoms with E-state index in [9.17, 15) is 13.2 Å². The van der Waals surface area contributed by atoms with E-state index >= 15 is 0 Å². The number of hydrogen-bond acceptors (Lipinski definition) is 7. The van der Waals surface area contributed by atoms with Crippen LogP contribution in [0.3, 0.4) is 0 Å². The van der Waals surface area contributed by atoms with E-state index in [0.29, 0.717) is 39.1 Å². The Hall–Kier alpha value is -1.00. The Morgan fingerprint density at radius 3 is 2.62 bits per heavy atom. The van der Waals surface area contributed by atoms with Crippen molar-refractivity contribution in [2.75, 3.05) is 44.7 Å². The number of piperazine rings is 1. The summed E-state index contributed by atoms with van der Waals surface area (Å²) in [5.74, 6) is 0.226. The Kier molecular flexibility index (Phi) is 6.34. The highest BCUT2D eigenvalue weighted by molar-refractivity contribution is 7.90. The van der Waals surface area contributed by atoms with Crippen LogP contribution < -0.4 is 0 Å². The highest BCUT2D eigenvalue weighted by Gasteiger charge is 2.22. The second-order valence-corrected chi connectivity index (χ2v) is 11.1. The summed E-state index contributed by atoms with van der Waals surface area (Å²) in [6, 6.07) is 3.78. The van der Waals surface area contributed by atoms with E-state index < -0.39 is 9.84 Å². The van der Waals surface area contributed by atoms with Gasteiger partial charge in [-0.2, -0.15) is 0 Å². The van der Waals surface area contributed by atoms with Crippen LogP contribution in [-0.4, -0.2) is 73.8 Å². The van der Waals surface area contributed by atoms with E-state index in [1.165, 1.54) is 28.9 Å². The van der Waals surface area contributed by atoms with Crippen molar-refractivity contribution >= 4 is 50.0 Å². The second kappa shape index (κ2) is 8.35. The summed E-state index contributed by atoms with van der Waals surface area (Å²) >= 11 is 8.96. The van der Waals surface area contributed by atoms with Crippen LogP contribution in [0.25, 0.3) is 9.88 Å². The van der Waals surface area contributed by atoms with E-state index in [2.05, 4.69) is 9.88 Å². The third kappa shape index (κ3) is 5.50. The zero-order valence-electron chi connectivity index (χ0n) is 14.4. The van der Waals surface area contributed by atoms with Gasteiger partial charge in [0.25, 0.3) is 0 Å². The molecule has 0 aliphatic carbocycles. The molecule has 0 unspecified atom stereocenters. The SMILES string of the molecule is CS(=O)(=O)CCN1CCN(C(=O)Cc2csc(-c3ccc(Cl)s3)n2)CC1. The summed E-state index contributed by atoms with van der Waals surface area (Å²) in [4.78, 5) is 22.0. The second-order valence-electron chi connectivity index (χ2n) is 6.28. The van der Waals surface area contributed by atoms with Gasteiger partial charge in [-0.3, -0.25) is 9.69 Å². The lowest BCUT2D eigenvalue weighted by Gasteiger charge is -2.34. The van der Waals surface area contributed by atoms with Crippen molar-refractivity contribution < 1.29 is 13.2 Å². The van der Waals surface area contributed by atoms with Crippen LogP contribution in [0.5, 0.6) is 0 Å². The van der Waals surface area contributed by atoms with Crippen LogP contribution >= 0.6 is 34.3 Å². The van der Waals surface area contributed by atoms with Crippen LogP contribution in [0.1, 0.15) is 5.69 Å². The minimum Gasteiger partial charge on any atom is -0.340 e. The Bertz CT molecular complexity index is 870. The van der Waals surface area contributed by atoms with Crippen LogP contribution in [0.15, 0.2) is 17.5 Å². The molecule has 0 saturated carbocycles. The maximum Gasteiger partial charge on any atom is 0.228 e. The molecule has 2 aromatic heterocycles. The lowest BCUT2D eigenvalue weighted by Crippen LogP contribution is -2.50. The third-order valence-corrected chi connectivity index (χ3v) is 7.39. The number of amides is 1. The van der Waals surface area contributed by atoms with Gasteiger partial charge in [0, 0.05) is 44.4 Å². The zero-order valence-corrected chi connectivity index (χ0v) is 17.6. The Morgan fingerprint density at radius 2 is 2.00 bits per heavy atom. The Labute approximate surface area is 166 Å². The summed E-state index contributed by atoms with van der Waals surface area (Å²) in [5.41, 5.74) is 0.777. The molecule has 1 saturated heterocycles. The summed E-state index contributed by atoms with van der Waals surface area (Å²) in [6.45, 7) is 3.19. The summed E-state index contributed by atoms with van der Waals surface area (Å²) < 4.78 is 23.2. The van der Waals surface area contributed by atoms with Gasteiger partial charge in [-0.15, -0.1) is 22.7 Å². The minimum absolute atomic E-state index is 0.0637. The fraction of sp³-hybridized carbons (Fsp3) is 0.500. The van der Waals surface area contributed by atoms with E-state index in [0.717, 1.165) is 19.9 Å². The molecule has 0 bridgehead atoms. The molecule has 1 aliphatic rings. The first-order valence-electron chi connectivity index (χ1n) is 8.18. The first kappa shape index (κ1) is 19.8. The molecule has 0 spiro atoms. The van der Waals surface area contributed by atoms with Crippen LogP contribution in [-0.2, 0) is 21.1 Å². The number of carbonyl (C=O) groups excluding carboxylic acids is 1. The van der Waals surface area contributed by atoms with Crippen molar-refractivity contribution in [2.24, 2.45) is 0 Å². The maximum atomic E-state index is 12.5. The van der Waals surface area contributed by atoms with Crippen molar-refractivity contribution in [1.29, 1.82) is 0 Å². The normalized spacial score (nSPS) is 16.2. The molecule has 6 nitrogen and oxygen atoms in total. The Balaban J connectivity index is 1.49. The van der Waals surface area contributed by atoms with Crippen LogP contribution in [0.2, 0.25) is 4.34 Å². The quantitative estimate of drug-likeness (QED) is 0.698. The van der Waals surface area contributed by atoms with E-state index in [1.807, 2.05) is 22.4 Å². The highest BCUT2D eigenvalue weighted by Crippen LogP contribution is 2.33. The number of aromatic nitrogens is 1. The van der Waals surface area contributed by atoms with Gasteiger partial charge < -0.3 is 4.90 Å². The molecule has 1 aliphatic heterocycles. The molecule has 0 aromatic carbocycles. The largest absolute Gasteiger partial charge is 0.340 e. The molecule has 0 N–H and O–H groups in total. The first-order chi connectivity index (χ1) is 12.3. The van der Waals surface area contributed by atoms with Gasteiger partial charge in [-0.1, -0.05) is 11.6 Å². The summed E-state index contributed by atoms with van der Waals surface area (Å²) in [7, 11) is -2.95. The summed E-state index contributed by atoms with van der Waals surface area (Å²) in [6.07, 6.45) is 1.54. The smallest absolute Gasteiger partial charge is 0.228 e. The van der Waals surface area contributed by atoms with E-state index in [4.69, 9.17) is 11.6 Å². The molecule has 3 rings (SSSR count). The van der Waals surface area contributed by atoms with Crippen molar-refractivity contribution in [2.45, 2.75) is 6.42 Å². The van der Waals surface area contributed by atoms with Gasteiger partial charge in [0.05, 0.1) is 27.1 Å². The molecule has 0 radical (unpaired) electrons. The fourth-order valence-electron chi connectivity index (χ4n) is 2.71. The molecule has 0 atom stereocenters. The molecule has 3 heterocycles. The van der Waals surface area contributed by atoms with Crippen molar-refractivity contribution in [3.63, 3.8) is 0 Å². The van der Waals surface area contributed by atoms with E-state index in [-0.39, 0.29) is 11.7 Å².